The SMILES string of the molecule is CCCC(CC)COCCOP(C)(=O)OCCOCC(CC)CCC. The molecule has 0 aromatic rings. The van der Waals surface area contributed by atoms with Crippen LogP contribution < -0.4 is 0 Å². The smallest absolute Gasteiger partial charge is 0.327 e. The van der Waals surface area contributed by atoms with Crippen LogP contribution in [0.3, 0.4) is 0 Å². The summed E-state index contributed by atoms with van der Waals surface area (Å²) in [5.41, 5.74) is 0. The lowest BCUT2D eigenvalue weighted by atomic mass is 10.0. The topological polar surface area (TPSA) is 54.0 Å². The van der Waals surface area contributed by atoms with Crippen LogP contribution in [-0.4, -0.2) is 46.3 Å². The van der Waals surface area contributed by atoms with Crippen LogP contribution >= 0.6 is 7.60 Å². The highest BCUT2D eigenvalue weighted by Crippen LogP contribution is 2.43. The maximum absolute atomic E-state index is 12.2. The summed E-state index contributed by atoms with van der Waals surface area (Å²) in [6, 6.07) is 0. The number of rotatable bonds is 18. The second kappa shape index (κ2) is 16.3. The van der Waals surface area contributed by atoms with Crippen molar-refractivity contribution in [2.45, 2.75) is 66.2 Å². The van der Waals surface area contributed by atoms with E-state index in [-0.39, 0.29) is 0 Å². The van der Waals surface area contributed by atoms with Crippen LogP contribution in [0.5, 0.6) is 0 Å². The van der Waals surface area contributed by atoms with Gasteiger partial charge in [-0.1, -0.05) is 53.4 Å². The van der Waals surface area contributed by atoms with E-state index in [1.54, 1.807) is 0 Å². The normalized spacial score (nSPS) is 16.5. The molecule has 0 heterocycles. The molecule has 0 aliphatic carbocycles. The minimum absolute atomic E-state index is 0.297. The fraction of sp³-hybridized carbons (Fsp3) is 1.00. The molecule has 152 valence electrons. The van der Waals surface area contributed by atoms with E-state index in [9.17, 15) is 4.57 Å². The number of hydrogen-bond acceptors (Lipinski definition) is 5. The van der Waals surface area contributed by atoms with Crippen molar-refractivity contribution in [2.24, 2.45) is 11.8 Å². The van der Waals surface area contributed by atoms with Gasteiger partial charge in [0.1, 0.15) is 0 Å². The van der Waals surface area contributed by atoms with E-state index in [1.165, 1.54) is 32.3 Å². The van der Waals surface area contributed by atoms with Crippen molar-refractivity contribution in [3.63, 3.8) is 0 Å². The second-order valence-corrected chi connectivity index (χ2v) is 8.77. The number of ether oxygens (including phenoxy) is 2. The molecule has 6 heteroatoms. The fourth-order valence-corrected chi connectivity index (χ4v) is 3.58. The zero-order valence-corrected chi connectivity index (χ0v) is 18.0. The standard InChI is InChI=1S/C19H41O5P/c1-6-10-18(8-3)16-21-12-14-23-25(5,20)24-15-13-22-17-19(9-4)11-7-2/h18-19H,6-17H2,1-5H3. The van der Waals surface area contributed by atoms with Gasteiger partial charge < -0.3 is 18.5 Å². The number of hydrogen-bond donors (Lipinski definition) is 0. The van der Waals surface area contributed by atoms with Gasteiger partial charge >= 0.3 is 7.60 Å². The zero-order chi connectivity index (χ0) is 19.0. The van der Waals surface area contributed by atoms with Gasteiger partial charge in [0.05, 0.1) is 26.4 Å². The molecule has 0 aliphatic rings. The molecule has 2 unspecified atom stereocenters. The first kappa shape index (κ1) is 25.1. The van der Waals surface area contributed by atoms with Crippen LogP contribution in [-0.2, 0) is 23.1 Å². The highest BCUT2D eigenvalue weighted by atomic mass is 31.2. The van der Waals surface area contributed by atoms with Crippen LogP contribution in [0.15, 0.2) is 0 Å². The first-order chi connectivity index (χ1) is 12.0. The molecule has 0 rings (SSSR count). The molecule has 0 bridgehead atoms. The van der Waals surface area contributed by atoms with Crippen molar-refractivity contribution in [1.82, 2.24) is 0 Å². The molecule has 5 nitrogen and oxygen atoms in total. The summed E-state index contributed by atoms with van der Waals surface area (Å²) in [7, 11) is -3.02. The molecule has 0 amide bonds. The molecule has 0 aliphatic heterocycles. The third-order valence-corrected chi connectivity index (χ3v) is 5.67. The average Bonchev–Trinajstić information content (AvgIpc) is 2.59. The van der Waals surface area contributed by atoms with Crippen molar-refractivity contribution in [2.75, 3.05) is 46.3 Å². The summed E-state index contributed by atoms with van der Waals surface area (Å²) in [5.74, 6) is 1.21. The predicted molar refractivity (Wildman–Crippen MR) is 104 cm³/mol. The summed E-state index contributed by atoms with van der Waals surface area (Å²) in [6.45, 7) is 13.2. The van der Waals surface area contributed by atoms with Gasteiger partial charge in [0.2, 0.25) is 0 Å². The first-order valence-corrected chi connectivity index (χ1v) is 12.0. The van der Waals surface area contributed by atoms with Gasteiger partial charge in [-0.25, -0.2) is 0 Å². The molecule has 0 saturated carbocycles. The Hall–Kier alpha value is 0.0700. The fourth-order valence-electron chi connectivity index (χ4n) is 2.69. The van der Waals surface area contributed by atoms with E-state index in [4.69, 9.17) is 18.5 Å². The molecule has 0 fully saturated rings. The van der Waals surface area contributed by atoms with Gasteiger partial charge in [-0.05, 0) is 24.7 Å². The third-order valence-electron chi connectivity index (χ3n) is 4.36. The third kappa shape index (κ3) is 14.9. The largest absolute Gasteiger partial charge is 0.379 e. The lowest BCUT2D eigenvalue weighted by Gasteiger charge is -2.17. The van der Waals surface area contributed by atoms with Gasteiger partial charge in [0.25, 0.3) is 0 Å². The molecule has 0 aromatic carbocycles. The quantitative estimate of drug-likeness (QED) is 0.231. The molecular weight excluding hydrogens is 339 g/mol. The van der Waals surface area contributed by atoms with Gasteiger partial charge in [0.15, 0.2) is 0 Å². The highest BCUT2D eigenvalue weighted by Gasteiger charge is 2.17. The van der Waals surface area contributed by atoms with Crippen LogP contribution in [0, 0.1) is 11.8 Å². The Labute approximate surface area is 155 Å². The highest BCUT2D eigenvalue weighted by molar-refractivity contribution is 7.52. The summed E-state index contributed by atoms with van der Waals surface area (Å²) in [6.07, 6.45) is 6.97. The Balaban J connectivity index is 3.69. The van der Waals surface area contributed by atoms with Gasteiger partial charge in [-0.2, -0.15) is 0 Å². The maximum atomic E-state index is 12.2. The summed E-state index contributed by atoms with van der Waals surface area (Å²) in [5, 5.41) is 0. The molecular formula is C19H41O5P. The summed E-state index contributed by atoms with van der Waals surface area (Å²) < 4.78 is 34.1. The monoisotopic (exact) mass is 380 g/mol. The molecule has 0 aromatic heterocycles. The Kier molecular flexibility index (Phi) is 16.3. The average molecular weight is 381 g/mol. The molecule has 0 saturated heterocycles. The van der Waals surface area contributed by atoms with E-state index >= 15 is 0 Å². The van der Waals surface area contributed by atoms with E-state index < -0.39 is 7.60 Å². The Bertz CT molecular complexity index is 310. The van der Waals surface area contributed by atoms with Gasteiger partial charge in [-0.3, -0.25) is 4.57 Å². The molecule has 0 N–H and O–H groups in total. The van der Waals surface area contributed by atoms with Crippen LogP contribution in [0.1, 0.15) is 66.2 Å². The lowest BCUT2D eigenvalue weighted by molar-refractivity contribution is 0.0522. The second-order valence-electron chi connectivity index (χ2n) is 6.71. The molecule has 0 spiro atoms. The van der Waals surface area contributed by atoms with E-state index in [0.717, 1.165) is 26.1 Å². The maximum Gasteiger partial charge on any atom is 0.327 e. The van der Waals surface area contributed by atoms with Crippen LogP contribution in [0.25, 0.3) is 0 Å². The molecule has 2 atom stereocenters. The van der Waals surface area contributed by atoms with E-state index in [1.807, 2.05) is 0 Å². The predicted octanol–water partition coefficient (Wildman–Crippen LogP) is 5.53. The van der Waals surface area contributed by atoms with Crippen molar-refractivity contribution < 1.29 is 23.1 Å². The Morgan fingerprint density at radius 1 is 0.720 bits per heavy atom. The first-order valence-electron chi connectivity index (χ1n) is 10.0. The summed E-state index contributed by atoms with van der Waals surface area (Å²) >= 11 is 0. The minimum atomic E-state index is -3.02. The van der Waals surface area contributed by atoms with Gasteiger partial charge in [0, 0.05) is 19.9 Å². The summed E-state index contributed by atoms with van der Waals surface area (Å²) in [4.78, 5) is 0. The van der Waals surface area contributed by atoms with Crippen LogP contribution in [0.4, 0.5) is 0 Å². The molecule has 0 radical (unpaired) electrons. The Morgan fingerprint density at radius 2 is 1.12 bits per heavy atom. The zero-order valence-electron chi connectivity index (χ0n) is 17.1. The van der Waals surface area contributed by atoms with Crippen molar-refractivity contribution in [3.05, 3.63) is 0 Å². The van der Waals surface area contributed by atoms with E-state index in [2.05, 4.69) is 27.7 Å². The van der Waals surface area contributed by atoms with Crippen molar-refractivity contribution in [1.29, 1.82) is 0 Å². The van der Waals surface area contributed by atoms with Gasteiger partial charge in [-0.15, -0.1) is 0 Å². The Morgan fingerprint density at radius 3 is 1.44 bits per heavy atom. The van der Waals surface area contributed by atoms with Crippen LogP contribution in [0.2, 0.25) is 0 Å². The van der Waals surface area contributed by atoms with Crippen molar-refractivity contribution >= 4 is 7.60 Å². The van der Waals surface area contributed by atoms with Crippen molar-refractivity contribution in [3.8, 4) is 0 Å². The molecule has 25 heavy (non-hydrogen) atoms. The van der Waals surface area contributed by atoms with E-state index in [0.29, 0.717) is 38.3 Å². The minimum Gasteiger partial charge on any atom is -0.379 e. The lowest BCUT2D eigenvalue weighted by Crippen LogP contribution is -2.13.